The van der Waals surface area contributed by atoms with Gasteiger partial charge in [0.05, 0.1) is 0 Å². The monoisotopic (exact) mass is 425 g/mol. The van der Waals surface area contributed by atoms with Crippen LogP contribution >= 0.6 is 0 Å². The van der Waals surface area contributed by atoms with Crippen LogP contribution in [0.5, 0.6) is 5.75 Å². The lowest BCUT2D eigenvalue weighted by molar-refractivity contribution is 0.0723. The fraction of sp³-hybridized carbons (Fsp3) is 0.167. The summed E-state index contributed by atoms with van der Waals surface area (Å²) in [6, 6.07) is 9.33. The van der Waals surface area contributed by atoms with E-state index in [0.717, 1.165) is 23.6 Å². The average Bonchev–Trinajstić information content (AvgIpc) is 2.73. The number of fused-ring (bicyclic) bond motifs is 3. The van der Waals surface area contributed by atoms with Crippen molar-refractivity contribution < 1.29 is 27.1 Å². The molecule has 0 radical (unpaired) electrons. The second kappa shape index (κ2) is 7.88. The van der Waals surface area contributed by atoms with E-state index in [1.807, 2.05) is 25.1 Å². The van der Waals surface area contributed by atoms with E-state index in [0.29, 0.717) is 29.7 Å². The minimum atomic E-state index is -1.42. The van der Waals surface area contributed by atoms with Gasteiger partial charge >= 0.3 is 5.97 Å². The number of benzene rings is 3. The van der Waals surface area contributed by atoms with Crippen LogP contribution in [-0.2, 0) is 19.3 Å². The van der Waals surface area contributed by atoms with E-state index in [2.05, 4.69) is 0 Å². The Kier molecular flexibility index (Phi) is 5.24. The van der Waals surface area contributed by atoms with Crippen LogP contribution in [-0.4, -0.2) is 5.97 Å². The summed E-state index contributed by atoms with van der Waals surface area (Å²) in [6.07, 6.45) is 1.63. The largest absolute Gasteiger partial charge is 0.423 e. The Morgan fingerprint density at radius 3 is 2.35 bits per heavy atom. The molecule has 4 rings (SSSR count). The molecule has 7 heteroatoms. The van der Waals surface area contributed by atoms with Crippen molar-refractivity contribution in [3.05, 3.63) is 87.5 Å². The molecule has 0 aliphatic heterocycles. The van der Waals surface area contributed by atoms with Gasteiger partial charge in [0.2, 0.25) is 0 Å². The number of rotatable bonds is 3. The van der Waals surface area contributed by atoms with Crippen molar-refractivity contribution in [2.24, 2.45) is 0 Å². The van der Waals surface area contributed by atoms with Crippen LogP contribution in [0, 0.1) is 34.6 Å². The summed E-state index contributed by atoms with van der Waals surface area (Å²) in [5, 5.41) is 8.70. The molecule has 0 saturated carbocycles. The van der Waals surface area contributed by atoms with Crippen LogP contribution in [0.3, 0.4) is 0 Å². The van der Waals surface area contributed by atoms with E-state index in [9.17, 15) is 18.0 Å². The first kappa shape index (κ1) is 20.6. The quantitative estimate of drug-likeness (QED) is 0.309. The normalized spacial score (nSPS) is 12.0. The van der Waals surface area contributed by atoms with Crippen LogP contribution in [0.1, 0.15) is 39.5 Å². The number of nitriles is 1. The average molecular weight is 425 g/mol. The highest BCUT2D eigenvalue weighted by Crippen LogP contribution is 2.38. The van der Waals surface area contributed by atoms with E-state index in [1.54, 1.807) is 0 Å². The van der Waals surface area contributed by atoms with Crippen molar-refractivity contribution in [3.8, 4) is 22.9 Å². The van der Waals surface area contributed by atoms with Crippen LogP contribution < -0.4 is 4.74 Å². The van der Waals surface area contributed by atoms with Gasteiger partial charge in [-0.3, -0.25) is 0 Å². The van der Waals surface area contributed by atoms with Crippen molar-refractivity contribution >= 4 is 5.97 Å². The summed E-state index contributed by atoms with van der Waals surface area (Å²) >= 11 is 0. The van der Waals surface area contributed by atoms with Gasteiger partial charge in [0.25, 0.3) is 0 Å². The molecule has 0 heterocycles. The molecule has 156 valence electrons. The summed E-state index contributed by atoms with van der Waals surface area (Å²) in [5.41, 5.74) is 1.56. The lowest BCUT2D eigenvalue weighted by Gasteiger charge is -2.22. The van der Waals surface area contributed by atoms with Crippen molar-refractivity contribution in [2.45, 2.75) is 26.2 Å². The Morgan fingerprint density at radius 1 is 1.00 bits per heavy atom. The van der Waals surface area contributed by atoms with Crippen molar-refractivity contribution in [3.63, 3.8) is 0 Å². The number of hydrogen-bond acceptors (Lipinski definition) is 3. The number of aryl methyl sites for hydroxylation is 2. The summed E-state index contributed by atoms with van der Waals surface area (Å²) in [7, 11) is 0. The molecule has 1 aliphatic carbocycles. The molecule has 0 N–H and O–H groups in total. The highest BCUT2D eigenvalue weighted by atomic mass is 19.1. The first-order chi connectivity index (χ1) is 14.8. The minimum Gasteiger partial charge on any atom is -0.423 e. The SMILES string of the molecule is CCc1ccc2c(c1)CCc1c-2cc(F)c(C(=O)Oc2cc(F)c(C#N)c(F)c2)c1F. The van der Waals surface area contributed by atoms with Gasteiger partial charge in [0.15, 0.2) is 0 Å². The lowest BCUT2D eigenvalue weighted by atomic mass is 9.83. The van der Waals surface area contributed by atoms with E-state index in [1.165, 1.54) is 6.07 Å². The maximum atomic E-state index is 15.2. The molecule has 3 aromatic carbocycles. The third-order valence-corrected chi connectivity index (χ3v) is 5.37. The Bertz CT molecular complexity index is 1250. The predicted octanol–water partition coefficient (Wildman–Crippen LogP) is 5.66. The van der Waals surface area contributed by atoms with Crippen LogP contribution in [0.4, 0.5) is 17.6 Å². The molecule has 0 bridgehead atoms. The first-order valence-electron chi connectivity index (χ1n) is 9.58. The first-order valence-corrected chi connectivity index (χ1v) is 9.58. The maximum Gasteiger partial charge on any atom is 0.349 e. The molecule has 0 amide bonds. The third kappa shape index (κ3) is 3.55. The van der Waals surface area contributed by atoms with Crippen LogP contribution in [0.25, 0.3) is 11.1 Å². The highest BCUT2D eigenvalue weighted by Gasteiger charge is 2.29. The molecule has 3 aromatic rings. The fourth-order valence-corrected chi connectivity index (χ4v) is 3.80. The van der Waals surface area contributed by atoms with Crippen molar-refractivity contribution in [1.82, 2.24) is 0 Å². The van der Waals surface area contributed by atoms with Gasteiger partial charge in [-0.1, -0.05) is 25.1 Å². The molecule has 0 spiro atoms. The number of ether oxygens (including phenoxy) is 1. The highest BCUT2D eigenvalue weighted by molar-refractivity contribution is 5.93. The summed E-state index contributed by atoms with van der Waals surface area (Å²) in [6.45, 7) is 2.02. The number of nitrogens with zero attached hydrogens (tertiary/aromatic N) is 1. The number of carbonyl (C=O) groups excluding carboxylic acids is 1. The van der Waals surface area contributed by atoms with E-state index >= 15 is 4.39 Å². The maximum absolute atomic E-state index is 15.2. The molecule has 0 atom stereocenters. The van der Waals surface area contributed by atoms with Crippen LogP contribution in [0.2, 0.25) is 0 Å². The van der Waals surface area contributed by atoms with Gasteiger partial charge in [-0.15, -0.1) is 0 Å². The van der Waals surface area contributed by atoms with Crippen molar-refractivity contribution in [2.75, 3.05) is 0 Å². The summed E-state index contributed by atoms with van der Waals surface area (Å²) in [4.78, 5) is 12.4. The number of hydrogen-bond donors (Lipinski definition) is 0. The van der Waals surface area contributed by atoms with Gasteiger partial charge in [-0.2, -0.15) is 5.26 Å². The number of esters is 1. The minimum absolute atomic E-state index is 0.183. The van der Waals surface area contributed by atoms with Gasteiger partial charge in [-0.25, -0.2) is 22.4 Å². The Morgan fingerprint density at radius 2 is 1.71 bits per heavy atom. The van der Waals surface area contributed by atoms with E-state index < -0.39 is 46.1 Å². The number of halogens is 4. The molecular formula is C24H15F4NO2. The van der Waals surface area contributed by atoms with Crippen LogP contribution in [0.15, 0.2) is 36.4 Å². The molecule has 31 heavy (non-hydrogen) atoms. The second-order valence-corrected chi connectivity index (χ2v) is 7.18. The predicted molar refractivity (Wildman–Crippen MR) is 105 cm³/mol. The van der Waals surface area contributed by atoms with Crippen molar-refractivity contribution in [1.29, 1.82) is 5.26 Å². The fourth-order valence-electron chi connectivity index (χ4n) is 3.80. The van der Waals surface area contributed by atoms with Gasteiger partial charge in [-0.05, 0) is 53.1 Å². The molecule has 1 aliphatic rings. The molecule has 0 fully saturated rings. The Labute approximate surface area is 175 Å². The molecule has 0 saturated heterocycles. The number of carbonyl (C=O) groups is 1. The van der Waals surface area contributed by atoms with Gasteiger partial charge in [0, 0.05) is 12.1 Å². The van der Waals surface area contributed by atoms with Gasteiger partial charge in [0.1, 0.15) is 46.2 Å². The zero-order chi connectivity index (χ0) is 22.3. The smallest absolute Gasteiger partial charge is 0.349 e. The lowest BCUT2D eigenvalue weighted by Crippen LogP contribution is -2.17. The topological polar surface area (TPSA) is 50.1 Å². The third-order valence-electron chi connectivity index (χ3n) is 5.37. The zero-order valence-electron chi connectivity index (χ0n) is 16.4. The van der Waals surface area contributed by atoms with Gasteiger partial charge < -0.3 is 4.74 Å². The van der Waals surface area contributed by atoms with E-state index in [-0.39, 0.29) is 12.0 Å². The Balaban J connectivity index is 1.73. The standard InChI is InChI=1S/C24H15F4NO2/c1-2-12-3-5-15-13(7-12)4-6-16-17(15)10-21(27)22(23(16)28)24(30)31-14-8-19(25)18(11-29)20(26)9-14/h3,5,7-10H,2,4,6H2,1H3. The second-order valence-electron chi connectivity index (χ2n) is 7.18. The zero-order valence-corrected chi connectivity index (χ0v) is 16.4. The molecular weight excluding hydrogens is 410 g/mol. The van der Waals surface area contributed by atoms with E-state index in [4.69, 9.17) is 10.00 Å². The molecule has 0 unspecified atom stereocenters. The molecule has 0 aromatic heterocycles. The molecule has 3 nitrogen and oxygen atoms in total. The Hall–Kier alpha value is -3.66. The summed E-state index contributed by atoms with van der Waals surface area (Å²) < 4.78 is 62.2. The summed E-state index contributed by atoms with van der Waals surface area (Å²) in [5.74, 6) is -6.72.